The van der Waals surface area contributed by atoms with Gasteiger partial charge in [0.1, 0.15) is 18.5 Å². The fraction of sp³-hybridized carbons (Fsp3) is 0.583. The van der Waals surface area contributed by atoms with Gasteiger partial charge >= 0.3 is 0 Å². The van der Waals surface area contributed by atoms with Crippen molar-refractivity contribution in [2.24, 2.45) is 0 Å². The van der Waals surface area contributed by atoms with Gasteiger partial charge in [-0.1, -0.05) is 0 Å². The van der Waals surface area contributed by atoms with Crippen LogP contribution in [-0.4, -0.2) is 36.9 Å². The SMILES string of the molecule is Cc1cnccc1OCC1CNCC(C)O1. The first kappa shape index (κ1) is 11.4. The topological polar surface area (TPSA) is 43.4 Å². The molecule has 0 spiro atoms. The zero-order valence-electron chi connectivity index (χ0n) is 9.77. The van der Waals surface area contributed by atoms with Crippen molar-refractivity contribution < 1.29 is 9.47 Å². The highest BCUT2D eigenvalue weighted by Crippen LogP contribution is 2.15. The monoisotopic (exact) mass is 222 g/mol. The van der Waals surface area contributed by atoms with Crippen molar-refractivity contribution in [3.8, 4) is 5.75 Å². The molecular weight excluding hydrogens is 204 g/mol. The number of ether oxygens (including phenoxy) is 2. The summed E-state index contributed by atoms with van der Waals surface area (Å²) in [6.45, 7) is 6.42. The van der Waals surface area contributed by atoms with Crippen molar-refractivity contribution >= 4 is 0 Å². The molecule has 1 saturated heterocycles. The Hall–Kier alpha value is -1.13. The minimum absolute atomic E-state index is 0.135. The molecule has 1 aromatic heterocycles. The van der Waals surface area contributed by atoms with E-state index in [1.165, 1.54) is 0 Å². The Morgan fingerprint density at radius 2 is 2.44 bits per heavy atom. The quantitative estimate of drug-likeness (QED) is 0.833. The highest BCUT2D eigenvalue weighted by atomic mass is 16.5. The zero-order valence-corrected chi connectivity index (χ0v) is 9.77. The van der Waals surface area contributed by atoms with Crippen molar-refractivity contribution in [2.75, 3.05) is 19.7 Å². The second-order valence-electron chi connectivity index (χ2n) is 4.18. The van der Waals surface area contributed by atoms with E-state index in [4.69, 9.17) is 9.47 Å². The molecule has 2 atom stereocenters. The maximum atomic E-state index is 5.74. The first-order valence-electron chi connectivity index (χ1n) is 5.65. The molecule has 0 aliphatic carbocycles. The van der Waals surface area contributed by atoms with E-state index in [9.17, 15) is 0 Å². The predicted molar refractivity (Wildman–Crippen MR) is 61.7 cm³/mol. The van der Waals surface area contributed by atoms with Crippen LogP contribution in [0.4, 0.5) is 0 Å². The van der Waals surface area contributed by atoms with Gasteiger partial charge in [-0.05, 0) is 19.9 Å². The maximum Gasteiger partial charge on any atom is 0.125 e. The molecule has 1 aromatic rings. The van der Waals surface area contributed by atoms with Gasteiger partial charge in [0.15, 0.2) is 0 Å². The third-order valence-electron chi connectivity index (χ3n) is 2.62. The second-order valence-corrected chi connectivity index (χ2v) is 4.18. The van der Waals surface area contributed by atoms with Gasteiger partial charge in [-0.15, -0.1) is 0 Å². The van der Waals surface area contributed by atoms with E-state index in [0.717, 1.165) is 24.4 Å². The minimum atomic E-state index is 0.135. The summed E-state index contributed by atoms with van der Waals surface area (Å²) in [4.78, 5) is 4.03. The molecule has 0 radical (unpaired) electrons. The Kier molecular flexibility index (Phi) is 3.74. The maximum absolute atomic E-state index is 5.74. The standard InChI is InChI=1S/C12H18N2O2/c1-9-5-13-4-3-12(9)15-8-11-7-14-6-10(2)16-11/h3-5,10-11,14H,6-8H2,1-2H3. The molecule has 0 aromatic carbocycles. The first-order chi connectivity index (χ1) is 7.75. The lowest BCUT2D eigenvalue weighted by Gasteiger charge is -2.28. The number of aryl methyl sites for hydroxylation is 1. The summed E-state index contributed by atoms with van der Waals surface area (Å²) < 4.78 is 11.5. The van der Waals surface area contributed by atoms with E-state index in [1.807, 2.05) is 13.0 Å². The molecule has 4 heteroatoms. The van der Waals surface area contributed by atoms with Crippen molar-refractivity contribution in [3.63, 3.8) is 0 Å². The minimum Gasteiger partial charge on any atom is -0.490 e. The fourth-order valence-corrected chi connectivity index (χ4v) is 1.78. The number of pyridine rings is 1. The van der Waals surface area contributed by atoms with Gasteiger partial charge in [-0.25, -0.2) is 0 Å². The van der Waals surface area contributed by atoms with Gasteiger partial charge < -0.3 is 14.8 Å². The fourth-order valence-electron chi connectivity index (χ4n) is 1.78. The number of aromatic nitrogens is 1. The molecule has 1 N–H and O–H groups in total. The lowest BCUT2D eigenvalue weighted by Crippen LogP contribution is -2.45. The molecule has 1 aliphatic rings. The van der Waals surface area contributed by atoms with Gasteiger partial charge in [-0.2, -0.15) is 0 Å². The molecule has 0 bridgehead atoms. The molecule has 1 aliphatic heterocycles. The summed E-state index contributed by atoms with van der Waals surface area (Å²) in [5.41, 5.74) is 1.05. The van der Waals surface area contributed by atoms with Crippen molar-refractivity contribution in [3.05, 3.63) is 24.0 Å². The third kappa shape index (κ3) is 2.93. The number of hydrogen-bond acceptors (Lipinski definition) is 4. The summed E-state index contributed by atoms with van der Waals surface area (Å²) in [6, 6.07) is 1.88. The average Bonchev–Trinajstić information content (AvgIpc) is 2.28. The van der Waals surface area contributed by atoms with Crippen LogP contribution in [0.25, 0.3) is 0 Å². The lowest BCUT2D eigenvalue weighted by molar-refractivity contribution is -0.0471. The molecule has 2 unspecified atom stereocenters. The Bertz CT molecular complexity index is 344. The molecule has 0 saturated carbocycles. The molecule has 1 fully saturated rings. The highest BCUT2D eigenvalue weighted by Gasteiger charge is 2.19. The van der Waals surface area contributed by atoms with E-state index in [0.29, 0.717) is 6.61 Å². The summed E-state index contributed by atoms with van der Waals surface area (Å²) in [5, 5.41) is 3.32. The molecule has 0 amide bonds. The Labute approximate surface area is 96.0 Å². The van der Waals surface area contributed by atoms with Crippen LogP contribution in [0.3, 0.4) is 0 Å². The van der Waals surface area contributed by atoms with E-state index in [-0.39, 0.29) is 12.2 Å². The van der Waals surface area contributed by atoms with Crippen LogP contribution in [0.2, 0.25) is 0 Å². The van der Waals surface area contributed by atoms with Crippen LogP contribution in [0.5, 0.6) is 5.75 Å². The van der Waals surface area contributed by atoms with Crippen LogP contribution in [-0.2, 0) is 4.74 Å². The van der Waals surface area contributed by atoms with Crippen LogP contribution >= 0.6 is 0 Å². The Balaban J connectivity index is 1.85. The smallest absolute Gasteiger partial charge is 0.125 e. The molecule has 16 heavy (non-hydrogen) atoms. The number of nitrogens with zero attached hydrogens (tertiary/aromatic N) is 1. The highest BCUT2D eigenvalue weighted by molar-refractivity contribution is 5.28. The largest absolute Gasteiger partial charge is 0.490 e. The predicted octanol–water partition coefficient (Wildman–Crippen LogP) is 1.15. The molecule has 2 rings (SSSR count). The van der Waals surface area contributed by atoms with Crippen molar-refractivity contribution in [2.45, 2.75) is 26.1 Å². The summed E-state index contributed by atoms with van der Waals surface area (Å²) in [6.07, 6.45) is 3.94. The summed E-state index contributed by atoms with van der Waals surface area (Å²) in [5.74, 6) is 0.886. The van der Waals surface area contributed by atoms with Crippen molar-refractivity contribution in [1.82, 2.24) is 10.3 Å². The first-order valence-corrected chi connectivity index (χ1v) is 5.65. The van der Waals surface area contributed by atoms with E-state index < -0.39 is 0 Å². The number of morpholine rings is 1. The van der Waals surface area contributed by atoms with Gasteiger partial charge in [0.25, 0.3) is 0 Å². The van der Waals surface area contributed by atoms with Crippen molar-refractivity contribution in [1.29, 1.82) is 0 Å². The number of rotatable bonds is 3. The number of nitrogens with one attached hydrogen (secondary N) is 1. The van der Waals surface area contributed by atoms with E-state index in [2.05, 4.69) is 17.2 Å². The van der Waals surface area contributed by atoms with Gasteiger partial charge in [0, 0.05) is 31.0 Å². The molecular formula is C12H18N2O2. The number of hydrogen-bond donors (Lipinski definition) is 1. The normalized spacial score (nSPS) is 25.4. The van der Waals surface area contributed by atoms with Crippen LogP contribution in [0.1, 0.15) is 12.5 Å². The average molecular weight is 222 g/mol. The summed E-state index contributed by atoms with van der Waals surface area (Å²) >= 11 is 0. The molecule has 4 nitrogen and oxygen atoms in total. The van der Waals surface area contributed by atoms with Gasteiger partial charge in [-0.3, -0.25) is 4.98 Å². The third-order valence-corrected chi connectivity index (χ3v) is 2.62. The van der Waals surface area contributed by atoms with Crippen LogP contribution in [0.15, 0.2) is 18.5 Å². The van der Waals surface area contributed by atoms with E-state index >= 15 is 0 Å². The van der Waals surface area contributed by atoms with E-state index in [1.54, 1.807) is 12.4 Å². The molecule has 88 valence electrons. The lowest BCUT2D eigenvalue weighted by atomic mass is 10.2. The van der Waals surface area contributed by atoms with Crippen LogP contribution < -0.4 is 10.1 Å². The van der Waals surface area contributed by atoms with Gasteiger partial charge in [0.05, 0.1) is 6.10 Å². The zero-order chi connectivity index (χ0) is 11.4. The molecule has 2 heterocycles. The Morgan fingerprint density at radius 3 is 3.19 bits per heavy atom. The van der Waals surface area contributed by atoms with Gasteiger partial charge in [0.2, 0.25) is 0 Å². The Morgan fingerprint density at radius 1 is 1.56 bits per heavy atom. The summed E-state index contributed by atoms with van der Waals surface area (Å²) in [7, 11) is 0. The van der Waals surface area contributed by atoms with Crippen LogP contribution in [0, 0.1) is 6.92 Å². The second kappa shape index (κ2) is 5.27.